The number of benzene rings is 4. The number of carbonyl (C=O) groups excluding carboxylic acids is 1. The molecule has 5 aromatic rings. The number of likely N-dealkylation sites (N-methyl/N-ethyl adjacent to an activating group) is 1. The third-order valence-electron chi connectivity index (χ3n) is 9.44. The van der Waals surface area contributed by atoms with Gasteiger partial charge in [-0.15, -0.1) is 0 Å². The molecule has 0 aliphatic carbocycles. The number of nitrogens with zero attached hydrogens (tertiary/aromatic N) is 4. The fourth-order valence-electron chi connectivity index (χ4n) is 6.83. The van der Waals surface area contributed by atoms with Crippen molar-refractivity contribution in [3.05, 3.63) is 131 Å². The van der Waals surface area contributed by atoms with Crippen molar-refractivity contribution < 1.29 is 19.4 Å². The first-order valence-electron chi connectivity index (χ1n) is 16.0. The summed E-state index contributed by atoms with van der Waals surface area (Å²) in [5.41, 5.74) is 8.15. The van der Waals surface area contributed by atoms with E-state index in [1.165, 1.54) is 5.69 Å². The standard InChI is InChI=1S/C39H38N4O4/c1-40-19-21-41(22-20-40)25-29-16-17-30-26-43(36-14-8-3-9-28(36)24-42(29)30)38(44)35-18-15-27(23-37(35)47-2)31-10-4-5-11-32(31)33-12-6-7-13-34(33)39(45)46/h3-18,23H,19-22,24-26H2,1-2H3,(H,45,46). The number of anilines is 1. The van der Waals surface area contributed by atoms with Crippen LogP contribution in [0.1, 0.15) is 37.7 Å². The minimum atomic E-state index is -0.982. The van der Waals surface area contributed by atoms with E-state index in [-0.39, 0.29) is 11.5 Å². The monoisotopic (exact) mass is 626 g/mol. The topological polar surface area (TPSA) is 78.2 Å². The van der Waals surface area contributed by atoms with E-state index >= 15 is 0 Å². The van der Waals surface area contributed by atoms with E-state index in [1.807, 2.05) is 77.7 Å². The number of rotatable bonds is 7. The van der Waals surface area contributed by atoms with Gasteiger partial charge in [-0.3, -0.25) is 9.69 Å². The predicted molar refractivity (Wildman–Crippen MR) is 184 cm³/mol. The first-order valence-corrected chi connectivity index (χ1v) is 16.0. The van der Waals surface area contributed by atoms with Crippen LogP contribution in [0.3, 0.4) is 0 Å². The van der Waals surface area contributed by atoms with E-state index in [0.29, 0.717) is 30.0 Å². The molecule has 8 nitrogen and oxygen atoms in total. The van der Waals surface area contributed by atoms with Crippen molar-refractivity contribution >= 4 is 17.6 Å². The van der Waals surface area contributed by atoms with Crippen molar-refractivity contribution in [2.24, 2.45) is 0 Å². The maximum atomic E-state index is 14.5. The Labute approximate surface area is 275 Å². The number of aromatic carboxylic acids is 1. The molecular formula is C39H38N4O4. The van der Waals surface area contributed by atoms with E-state index < -0.39 is 5.97 Å². The second-order valence-electron chi connectivity index (χ2n) is 12.3. The van der Waals surface area contributed by atoms with Crippen LogP contribution in [0.5, 0.6) is 5.75 Å². The maximum Gasteiger partial charge on any atom is 0.336 e. The molecule has 0 radical (unpaired) electrons. The zero-order valence-electron chi connectivity index (χ0n) is 26.7. The van der Waals surface area contributed by atoms with Crippen LogP contribution in [0.25, 0.3) is 22.3 Å². The number of piperazine rings is 1. The zero-order valence-corrected chi connectivity index (χ0v) is 26.7. The van der Waals surface area contributed by atoms with Crippen molar-refractivity contribution in [2.45, 2.75) is 19.6 Å². The molecule has 0 bridgehead atoms. The van der Waals surface area contributed by atoms with E-state index in [0.717, 1.165) is 66.4 Å². The molecule has 2 aliphatic heterocycles. The van der Waals surface area contributed by atoms with Crippen molar-refractivity contribution in [2.75, 3.05) is 45.2 Å². The number of amides is 1. The number of carboxylic acid groups (broad SMARTS) is 1. The third kappa shape index (κ3) is 5.93. The van der Waals surface area contributed by atoms with Gasteiger partial charge >= 0.3 is 5.97 Å². The molecule has 7 rings (SSSR count). The fraction of sp³-hybridized carbons (Fsp3) is 0.231. The number of ether oxygens (including phenoxy) is 1. The molecule has 4 aromatic carbocycles. The van der Waals surface area contributed by atoms with Crippen LogP contribution in [-0.2, 0) is 19.6 Å². The second-order valence-corrected chi connectivity index (χ2v) is 12.3. The molecular weight excluding hydrogens is 588 g/mol. The van der Waals surface area contributed by atoms with Crippen LogP contribution in [0.2, 0.25) is 0 Å². The van der Waals surface area contributed by atoms with Gasteiger partial charge < -0.3 is 24.2 Å². The summed E-state index contributed by atoms with van der Waals surface area (Å²) in [7, 11) is 3.75. The number of hydrogen-bond acceptors (Lipinski definition) is 5. The number of carbonyl (C=O) groups is 2. The van der Waals surface area contributed by atoms with Gasteiger partial charge in [-0.1, -0.05) is 66.7 Å². The quantitative estimate of drug-likeness (QED) is 0.223. The Morgan fingerprint density at radius 2 is 1.45 bits per heavy atom. The Morgan fingerprint density at radius 3 is 2.21 bits per heavy atom. The minimum Gasteiger partial charge on any atom is -0.496 e. The van der Waals surface area contributed by atoms with Crippen LogP contribution < -0.4 is 9.64 Å². The van der Waals surface area contributed by atoms with Gasteiger partial charge in [0.1, 0.15) is 5.75 Å². The molecule has 238 valence electrons. The molecule has 0 saturated carbocycles. The van der Waals surface area contributed by atoms with Gasteiger partial charge in [-0.25, -0.2) is 4.79 Å². The molecule has 1 N–H and O–H groups in total. The summed E-state index contributed by atoms with van der Waals surface area (Å²) >= 11 is 0. The lowest BCUT2D eigenvalue weighted by atomic mass is 9.91. The molecule has 0 spiro atoms. The summed E-state index contributed by atoms with van der Waals surface area (Å²) in [6, 6.07) is 32.8. The van der Waals surface area contributed by atoms with Gasteiger partial charge in [0.05, 0.1) is 24.8 Å². The number of fused-ring (bicyclic) bond motifs is 2. The SMILES string of the molecule is COc1cc(-c2ccccc2-c2ccccc2C(=O)O)ccc1C(=O)N1Cc2ccc(CN3CCN(C)CC3)n2Cc2ccccc21. The van der Waals surface area contributed by atoms with Crippen LogP contribution in [0, 0.1) is 0 Å². The summed E-state index contributed by atoms with van der Waals surface area (Å²) < 4.78 is 8.23. The highest BCUT2D eigenvalue weighted by Gasteiger charge is 2.29. The van der Waals surface area contributed by atoms with E-state index in [9.17, 15) is 14.7 Å². The smallest absolute Gasteiger partial charge is 0.336 e. The molecule has 0 unspecified atom stereocenters. The van der Waals surface area contributed by atoms with Gasteiger partial charge in [-0.05, 0) is 71.3 Å². The normalized spacial score (nSPS) is 15.1. The number of hydrogen-bond donors (Lipinski definition) is 1. The summed E-state index contributed by atoms with van der Waals surface area (Å²) in [6.45, 7) is 6.27. The van der Waals surface area contributed by atoms with Gasteiger partial charge in [0.2, 0.25) is 0 Å². The molecule has 8 heteroatoms. The van der Waals surface area contributed by atoms with Crippen molar-refractivity contribution in [1.82, 2.24) is 14.4 Å². The van der Waals surface area contributed by atoms with E-state index in [4.69, 9.17) is 4.74 Å². The first kappa shape index (κ1) is 30.5. The molecule has 2 aliphatic rings. The van der Waals surface area contributed by atoms with E-state index in [1.54, 1.807) is 19.2 Å². The number of para-hydroxylation sites is 1. The Kier molecular flexibility index (Phi) is 8.37. The highest BCUT2D eigenvalue weighted by atomic mass is 16.5. The minimum absolute atomic E-state index is 0.138. The molecule has 1 amide bonds. The van der Waals surface area contributed by atoms with Gasteiger partial charge in [0.25, 0.3) is 5.91 Å². The number of carboxylic acids is 1. The van der Waals surface area contributed by atoms with Crippen LogP contribution >= 0.6 is 0 Å². The lowest BCUT2D eigenvalue weighted by molar-refractivity contribution is 0.0697. The lowest BCUT2D eigenvalue weighted by Gasteiger charge is -2.32. The van der Waals surface area contributed by atoms with Gasteiger partial charge in [0, 0.05) is 56.3 Å². The Bertz CT molecular complexity index is 1960. The highest BCUT2D eigenvalue weighted by Crippen LogP contribution is 2.38. The van der Waals surface area contributed by atoms with Gasteiger partial charge in [0.15, 0.2) is 0 Å². The predicted octanol–water partition coefficient (Wildman–Crippen LogP) is 6.49. The van der Waals surface area contributed by atoms with Crippen LogP contribution in [-0.4, -0.2) is 71.7 Å². The van der Waals surface area contributed by atoms with Gasteiger partial charge in [-0.2, -0.15) is 0 Å². The average molecular weight is 627 g/mol. The number of methoxy groups -OCH3 is 1. The third-order valence-corrected chi connectivity index (χ3v) is 9.44. The second kappa shape index (κ2) is 12.9. The summed E-state index contributed by atoms with van der Waals surface area (Å²) in [5, 5.41) is 9.86. The van der Waals surface area contributed by atoms with Crippen molar-refractivity contribution in [3.63, 3.8) is 0 Å². The van der Waals surface area contributed by atoms with Crippen LogP contribution in [0.15, 0.2) is 103 Å². The molecule has 1 fully saturated rings. The summed E-state index contributed by atoms with van der Waals surface area (Å²) in [6.07, 6.45) is 0. The van der Waals surface area contributed by atoms with Crippen molar-refractivity contribution in [3.8, 4) is 28.0 Å². The Morgan fingerprint density at radius 1 is 0.745 bits per heavy atom. The largest absolute Gasteiger partial charge is 0.496 e. The number of aromatic nitrogens is 1. The Hall–Kier alpha value is -5.18. The first-order chi connectivity index (χ1) is 22.9. The maximum absolute atomic E-state index is 14.5. The van der Waals surface area contributed by atoms with Crippen molar-refractivity contribution in [1.29, 1.82) is 0 Å². The average Bonchev–Trinajstić information content (AvgIpc) is 3.38. The molecule has 3 heterocycles. The summed E-state index contributed by atoms with van der Waals surface area (Å²) in [5.74, 6) is -0.661. The molecule has 0 atom stereocenters. The zero-order chi connectivity index (χ0) is 32.5. The molecule has 47 heavy (non-hydrogen) atoms. The fourth-order valence-corrected chi connectivity index (χ4v) is 6.83. The lowest BCUT2D eigenvalue weighted by Crippen LogP contribution is -2.44. The highest BCUT2D eigenvalue weighted by molar-refractivity contribution is 6.09. The molecule has 1 aromatic heterocycles. The van der Waals surface area contributed by atoms with Crippen LogP contribution in [0.4, 0.5) is 5.69 Å². The summed E-state index contributed by atoms with van der Waals surface area (Å²) in [4.78, 5) is 33.2. The molecule has 1 saturated heterocycles. The van der Waals surface area contributed by atoms with E-state index in [2.05, 4.69) is 39.6 Å². The Balaban J connectivity index is 1.23.